The minimum absolute atomic E-state index is 1.19. The first-order valence-electron chi connectivity index (χ1n) is 12.3. The molecule has 0 aliphatic carbocycles. The summed E-state index contributed by atoms with van der Waals surface area (Å²) >= 11 is 0. The molecule has 0 saturated heterocycles. The lowest BCUT2D eigenvalue weighted by Crippen LogP contribution is -2.33. The molecule has 1 heteroatoms. The van der Waals surface area contributed by atoms with E-state index in [1.807, 2.05) is 0 Å². The highest BCUT2D eigenvalue weighted by atomic mass is 14.9. The second-order valence-corrected chi connectivity index (χ2v) is 8.50. The molecule has 0 fully saturated rings. The van der Waals surface area contributed by atoms with Crippen molar-refractivity contribution in [1.29, 1.82) is 0 Å². The molecule has 1 heterocycles. The van der Waals surface area contributed by atoms with Gasteiger partial charge in [0, 0.05) is 18.1 Å². The SMILES string of the molecule is CCCCCCCCCCCCCCCCC[n+]1cccc(CCCC)c1. The molecule has 0 aliphatic heterocycles. The third-order valence-corrected chi connectivity index (χ3v) is 5.76. The van der Waals surface area contributed by atoms with E-state index in [0.717, 1.165) is 0 Å². The maximum atomic E-state index is 2.40. The fourth-order valence-corrected chi connectivity index (χ4v) is 3.91. The number of unbranched alkanes of at least 4 members (excludes halogenated alkanes) is 15. The van der Waals surface area contributed by atoms with Crippen LogP contribution in [0.1, 0.15) is 129 Å². The van der Waals surface area contributed by atoms with Crippen LogP contribution in [-0.4, -0.2) is 0 Å². The fraction of sp³-hybridized carbons (Fsp3) is 0.808. The van der Waals surface area contributed by atoms with Gasteiger partial charge in [-0.3, -0.25) is 0 Å². The van der Waals surface area contributed by atoms with Crippen molar-refractivity contribution in [2.75, 3.05) is 0 Å². The Kier molecular flexibility index (Phi) is 16.6. The molecule has 0 N–H and O–H groups in total. The van der Waals surface area contributed by atoms with Crippen molar-refractivity contribution in [2.24, 2.45) is 0 Å². The van der Waals surface area contributed by atoms with Crippen molar-refractivity contribution in [1.82, 2.24) is 0 Å². The van der Waals surface area contributed by atoms with Gasteiger partial charge in [0.2, 0.25) is 0 Å². The molecule has 1 rings (SSSR count). The molecule has 0 radical (unpaired) electrons. The molecule has 1 aromatic heterocycles. The summed E-state index contributed by atoms with van der Waals surface area (Å²) in [6, 6.07) is 4.49. The molecule has 0 atom stereocenters. The van der Waals surface area contributed by atoms with Crippen LogP contribution in [0, 0.1) is 0 Å². The van der Waals surface area contributed by atoms with Gasteiger partial charge in [0.05, 0.1) is 0 Å². The smallest absolute Gasteiger partial charge is 0.171 e. The maximum absolute atomic E-state index is 2.40. The van der Waals surface area contributed by atoms with E-state index in [1.54, 1.807) is 0 Å². The van der Waals surface area contributed by atoms with Gasteiger partial charge in [-0.25, -0.2) is 4.57 Å². The molecule has 0 amide bonds. The highest BCUT2D eigenvalue weighted by molar-refractivity contribution is 5.05. The molecule has 0 unspecified atom stereocenters. The Morgan fingerprint density at radius 1 is 0.593 bits per heavy atom. The fourth-order valence-electron chi connectivity index (χ4n) is 3.91. The lowest BCUT2D eigenvalue weighted by atomic mass is 10.0. The summed E-state index contributed by atoms with van der Waals surface area (Å²) < 4.78 is 2.40. The molecular weight excluding hydrogens is 326 g/mol. The Balaban J connectivity index is 1.85. The van der Waals surface area contributed by atoms with Crippen molar-refractivity contribution in [2.45, 2.75) is 136 Å². The molecule has 0 aliphatic rings. The number of aromatic nitrogens is 1. The molecular formula is C26H48N+. The molecule has 156 valence electrons. The first-order valence-corrected chi connectivity index (χ1v) is 12.3. The Hall–Kier alpha value is -0.850. The van der Waals surface area contributed by atoms with Crippen LogP contribution in [0.15, 0.2) is 24.5 Å². The largest absolute Gasteiger partial charge is 0.205 e. The lowest BCUT2D eigenvalue weighted by Gasteiger charge is -2.03. The summed E-state index contributed by atoms with van der Waals surface area (Å²) in [5, 5.41) is 0. The van der Waals surface area contributed by atoms with Crippen molar-refractivity contribution in [3.05, 3.63) is 30.1 Å². The van der Waals surface area contributed by atoms with Gasteiger partial charge in [0.25, 0.3) is 0 Å². The average Bonchev–Trinajstić information content (AvgIpc) is 2.69. The lowest BCUT2D eigenvalue weighted by molar-refractivity contribution is -0.697. The van der Waals surface area contributed by atoms with Gasteiger partial charge in [-0.05, 0) is 25.3 Å². The van der Waals surface area contributed by atoms with E-state index in [-0.39, 0.29) is 0 Å². The summed E-state index contributed by atoms with van der Waals surface area (Å²) in [5.74, 6) is 0. The molecule has 27 heavy (non-hydrogen) atoms. The van der Waals surface area contributed by atoms with E-state index in [2.05, 4.69) is 42.9 Å². The van der Waals surface area contributed by atoms with Crippen LogP contribution in [0.25, 0.3) is 0 Å². The molecule has 0 bridgehead atoms. The quantitative estimate of drug-likeness (QED) is 0.170. The van der Waals surface area contributed by atoms with E-state index in [0.29, 0.717) is 0 Å². The van der Waals surface area contributed by atoms with Crippen LogP contribution in [-0.2, 0) is 13.0 Å². The predicted octanol–water partition coefficient (Wildman–Crippen LogP) is 8.19. The Bertz CT molecular complexity index is 426. The Labute approximate surface area is 171 Å². The number of rotatable bonds is 19. The molecule has 1 aromatic rings. The molecule has 0 spiro atoms. The van der Waals surface area contributed by atoms with E-state index in [4.69, 9.17) is 0 Å². The number of nitrogens with zero attached hydrogens (tertiary/aromatic N) is 1. The first kappa shape index (κ1) is 24.2. The zero-order chi connectivity index (χ0) is 19.4. The first-order chi connectivity index (χ1) is 13.4. The summed E-state index contributed by atoms with van der Waals surface area (Å²) in [7, 11) is 0. The van der Waals surface area contributed by atoms with E-state index in [9.17, 15) is 0 Å². The van der Waals surface area contributed by atoms with Crippen LogP contribution >= 0.6 is 0 Å². The van der Waals surface area contributed by atoms with Crippen LogP contribution in [0.5, 0.6) is 0 Å². The summed E-state index contributed by atoms with van der Waals surface area (Å²) in [4.78, 5) is 0. The third kappa shape index (κ3) is 14.8. The van der Waals surface area contributed by atoms with Gasteiger partial charge in [-0.15, -0.1) is 0 Å². The van der Waals surface area contributed by atoms with Crippen molar-refractivity contribution in [3.63, 3.8) is 0 Å². The van der Waals surface area contributed by atoms with E-state index < -0.39 is 0 Å². The van der Waals surface area contributed by atoms with Crippen molar-refractivity contribution >= 4 is 0 Å². The average molecular weight is 375 g/mol. The van der Waals surface area contributed by atoms with Crippen LogP contribution in [0.2, 0.25) is 0 Å². The van der Waals surface area contributed by atoms with Crippen LogP contribution in [0.3, 0.4) is 0 Å². The van der Waals surface area contributed by atoms with E-state index >= 15 is 0 Å². The predicted molar refractivity (Wildman–Crippen MR) is 120 cm³/mol. The number of pyridine rings is 1. The number of hydrogen-bond acceptors (Lipinski definition) is 0. The van der Waals surface area contributed by atoms with Gasteiger partial charge < -0.3 is 0 Å². The van der Waals surface area contributed by atoms with Gasteiger partial charge in [-0.2, -0.15) is 0 Å². The van der Waals surface area contributed by atoms with Crippen LogP contribution < -0.4 is 4.57 Å². The highest BCUT2D eigenvalue weighted by Gasteiger charge is 2.02. The highest BCUT2D eigenvalue weighted by Crippen LogP contribution is 2.13. The Morgan fingerprint density at radius 3 is 1.59 bits per heavy atom. The minimum Gasteiger partial charge on any atom is -0.205 e. The van der Waals surface area contributed by atoms with Crippen LogP contribution in [0.4, 0.5) is 0 Å². The number of aryl methyl sites for hydroxylation is 2. The van der Waals surface area contributed by atoms with Gasteiger partial charge >= 0.3 is 0 Å². The zero-order valence-electron chi connectivity index (χ0n) is 18.7. The Morgan fingerprint density at radius 2 is 1.07 bits per heavy atom. The van der Waals surface area contributed by atoms with Crippen molar-refractivity contribution in [3.8, 4) is 0 Å². The standard InChI is InChI=1S/C26H48N/c1-3-5-7-8-9-10-11-12-13-14-15-16-17-18-19-23-27-24-20-22-26(25-27)21-6-4-2/h20,22,24-25H,3-19,21,23H2,1-2H3/q+1. The van der Waals surface area contributed by atoms with E-state index in [1.165, 1.54) is 128 Å². The number of hydrogen-bond donors (Lipinski definition) is 0. The summed E-state index contributed by atoms with van der Waals surface area (Å²) in [6.45, 7) is 5.76. The summed E-state index contributed by atoms with van der Waals surface area (Å²) in [5.41, 5.74) is 1.50. The third-order valence-electron chi connectivity index (χ3n) is 5.76. The summed E-state index contributed by atoms with van der Waals surface area (Å²) in [6.07, 6.45) is 30.0. The maximum Gasteiger partial charge on any atom is 0.171 e. The molecule has 0 saturated carbocycles. The van der Waals surface area contributed by atoms with Gasteiger partial charge in [0.1, 0.15) is 6.54 Å². The second kappa shape index (κ2) is 18.5. The van der Waals surface area contributed by atoms with Gasteiger partial charge in [0.15, 0.2) is 12.4 Å². The zero-order valence-corrected chi connectivity index (χ0v) is 18.7. The van der Waals surface area contributed by atoms with Crippen molar-refractivity contribution < 1.29 is 4.57 Å². The molecule has 1 nitrogen and oxygen atoms in total. The second-order valence-electron chi connectivity index (χ2n) is 8.50. The normalized spacial score (nSPS) is 11.2. The minimum atomic E-state index is 1.19. The molecule has 0 aromatic carbocycles. The topological polar surface area (TPSA) is 3.88 Å². The van der Waals surface area contributed by atoms with Gasteiger partial charge in [-0.1, -0.05) is 104 Å². The monoisotopic (exact) mass is 374 g/mol.